The van der Waals surface area contributed by atoms with Crippen molar-refractivity contribution >= 4 is 0 Å². The quantitative estimate of drug-likeness (QED) is 0.134. The van der Waals surface area contributed by atoms with Crippen LogP contribution >= 0.6 is 0 Å². The molecule has 25 heavy (non-hydrogen) atoms. The summed E-state index contributed by atoms with van der Waals surface area (Å²) >= 11 is 0. The predicted molar refractivity (Wildman–Crippen MR) is 115 cm³/mol. The molecule has 0 radical (unpaired) electrons. The Bertz CT molecular complexity index is 286. The van der Waals surface area contributed by atoms with Crippen molar-refractivity contribution in [1.82, 2.24) is 0 Å². The minimum Gasteiger partial charge on any atom is -0.359 e. The highest BCUT2D eigenvalue weighted by Gasteiger charge is 1.95. The summed E-state index contributed by atoms with van der Waals surface area (Å²) in [6.07, 6.45) is 29.6. The molecule has 0 amide bonds. The van der Waals surface area contributed by atoms with E-state index in [9.17, 15) is 0 Å². The van der Waals surface area contributed by atoms with E-state index in [0.29, 0.717) is 0 Å². The smallest absolute Gasteiger partial charge is 0.0107 e. The van der Waals surface area contributed by atoms with Crippen LogP contribution in [-0.4, -0.2) is 0 Å². The van der Waals surface area contributed by atoms with E-state index in [1.165, 1.54) is 128 Å². The van der Waals surface area contributed by atoms with Gasteiger partial charge in [0.25, 0.3) is 0 Å². The van der Waals surface area contributed by atoms with Crippen molar-refractivity contribution in [1.29, 1.82) is 0 Å². The fourth-order valence-corrected chi connectivity index (χ4v) is 3.54. The Morgan fingerprint density at radius 1 is 0.440 bits per heavy atom. The van der Waals surface area contributed by atoms with Gasteiger partial charge in [0.1, 0.15) is 0 Å². The van der Waals surface area contributed by atoms with Crippen molar-refractivity contribution in [3.63, 3.8) is 0 Å². The molecule has 1 nitrogen and oxygen atoms in total. The average Bonchev–Trinajstić information content (AvgIpc) is 2.63. The first-order valence-corrected chi connectivity index (χ1v) is 11.6. The third-order valence-electron chi connectivity index (χ3n) is 5.26. The highest BCUT2D eigenvalue weighted by molar-refractivity contribution is 4.93. The molecule has 0 aliphatic rings. The number of hydrogen-bond donors (Lipinski definition) is 1. The summed E-state index contributed by atoms with van der Waals surface area (Å²) in [5, 5.41) is 0. The second-order valence-electron chi connectivity index (χ2n) is 7.79. The lowest BCUT2D eigenvalue weighted by Crippen LogP contribution is -1.84. The van der Waals surface area contributed by atoms with Crippen LogP contribution in [0.5, 0.6) is 0 Å². The van der Waals surface area contributed by atoms with E-state index >= 15 is 0 Å². The molecule has 0 aromatic rings. The maximum atomic E-state index is 5.15. The molecule has 0 aliphatic heterocycles. The Morgan fingerprint density at radius 3 is 1.00 bits per heavy atom. The first-order chi connectivity index (χ1) is 12.4. The number of unbranched alkanes of at least 4 members (excludes halogenated alkanes) is 20. The highest BCUT2D eigenvalue weighted by Crippen LogP contribution is 2.14. The summed E-state index contributed by atoms with van der Waals surface area (Å²) in [6.45, 7) is 2.30. The zero-order chi connectivity index (χ0) is 18.3. The van der Waals surface area contributed by atoms with Crippen LogP contribution in [0, 0.1) is 12.0 Å². The van der Waals surface area contributed by atoms with E-state index in [1.807, 2.05) is 0 Å². The molecule has 0 spiro atoms. The van der Waals surface area contributed by atoms with Crippen molar-refractivity contribution in [2.45, 2.75) is 142 Å². The van der Waals surface area contributed by atoms with Gasteiger partial charge in [-0.2, -0.15) is 0 Å². The van der Waals surface area contributed by atoms with Crippen LogP contribution in [-0.2, 0) is 0 Å². The molecule has 0 atom stereocenters. The predicted octanol–water partition coefficient (Wildman–Crippen LogP) is 8.12. The van der Waals surface area contributed by atoms with Crippen LogP contribution in [0.25, 0.3) is 0 Å². The summed E-state index contributed by atoms with van der Waals surface area (Å²) in [7, 11) is 0. The van der Waals surface area contributed by atoms with Crippen LogP contribution in [0.2, 0.25) is 0 Å². The highest BCUT2D eigenvalue weighted by atomic mass is 14.4. The van der Waals surface area contributed by atoms with Gasteiger partial charge in [0.2, 0.25) is 0 Å². The maximum Gasteiger partial charge on any atom is 0.0107 e. The fourth-order valence-electron chi connectivity index (χ4n) is 3.54. The molecule has 0 saturated carbocycles. The number of nitrogens with two attached hydrogens (primary N) is 1. The standard InChI is InChI=1S/C24H47N/c1-2-3-4-5-6-7-8-9-10-11-12-13-14-15-16-17-18-19-20-21-22-23-24-25/h2-22,25H2,1H3. The normalized spacial score (nSPS) is 10.6. The Kier molecular flexibility index (Phi) is 22.8. The topological polar surface area (TPSA) is 26.0 Å². The van der Waals surface area contributed by atoms with Crippen molar-refractivity contribution < 1.29 is 0 Å². The summed E-state index contributed by atoms with van der Waals surface area (Å²) < 4.78 is 0. The van der Waals surface area contributed by atoms with Gasteiger partial charge in [-0.1, -0.05) is 135 Å². The molecule has 0 heterocycles. The monoisotopic (exact) mass is 349 g/mol. The third-order valence-corrected chi connectivity index (χ3v) is 5.26. The third kappa shape index (κ3) is 23.4. The molecule has 0 rings (SSSR count). The van der Waals surface area contributed by atoms with Gasteiger partial charge < -0.3 is 5.73 Å². The van der Waals surface area contributed by atoms with E-state index in [0.717, 1.165) is 6.42 Å². The SMILES string of the molecule is CCCCCCCCCCCCCCCCCCCCCCC#CN. The van der Waals surface area contributed by atoms with Crippen molar-refractivity contribution in [2.75, 3.05) is 0 Å². The summed E-state index contributed by atoms with van der Waals surface area (Å²) in [5.41, 5.74) is 5.15. The van der Waals surface area contributed by atoms with Gasteiger partial charge in [-0.3, -0.25) is 0 Å². The van der Waals surface area contributed by atoms with Gasteiger partial charge in [-0.05, 0) is 6.42 Å². The molecule has 0 unspecified atom stereocenters. The molecule has 0 aromatic carbocycles. The summed E-state index contributed by atoms with van der Waals surface area (Å²) in [6, 6.07) is 2.48. The van der Waals surface area contributed by atoms with E-state index in [1.54, 1.807) is 0 Å². The largest absolute Gasteiger partial charge is 0.359 e. The Balaban J connectivity index is 2.97. The number of rotatable bonds is 20. The minimum absolute atomic E-state index is 0.982. The second kappa shape index (κ2) is 23.4. The van der Waals surface area contributed by atoms with E-state index in [2.05, 4.69) is 18.9 Å². The molecule has 0 aromatic heterocycles. The summed E-state index contributed by atoms with van der Waals surface area (Å²) in [4.78, 5) is 0. The lowest BCUT2D eigenvalue weighted by Gasteiger charge is -2.04. The first-order valence-electron chi connectivity index (χ1n) is 11.6. The van der Waals surface area contributed by atoms with E-state index in [4.69, 9.17) is 5.73 Å². The molecule has 0 saturated heterocycles. The van der Waals surface area contributed by atoms with Crippen molar-refractivity contribution in [3.8, 4) is 12.0 Å². The molecule has 0 aliphatic carbocycles. The van der Waals surface area contributed by atoms with Crippen molar-refractivity contribution in [3.05, 3.63) is 0 Å². The molecular weight excluding hydrogens is 302 g/mol. The van der Waals surface area contributed by atoms with Crippen LogP contribution in [0.4, 0.5) is 0 Å². The van der Waals surface area contributed by atoms with Gasteiger partial charge in [0, 0.05) is 12.5 Å². The molecule has 0 fully saturated rings. The zero-order valence-corrected chi connectivity index (χ0v) is 17.4. The Morgan fingerprint density at radius 2 is 0.720 bits per heavy atom. The molecule has 0 bridgehead atoms. The Labute approximate surface area is 159 Å². The van der Waals surface area contributed by atoms with Gasteiger partial charge in [-0.25, -0.2) is 0 Å². The zero-order valence-electron chi connectivity index (χ0n) is 17.4. The van der Waals surface area contributed by atoms with E-state index in [-0.39, 0.29) is 0 Å². The second-order valence-corrected chi connectivity index (χ2v) is 7.79. The van der Waals surface area contributed by atoms with Gasteiger partial charge in [-0.15, -0.1) is 0 Å². The van der Waals surface area contributed by atoms with Crippen LogP contribution < -0.4 is 5.73 Å². The van der Waals surface area contributed by atoms with Gasteiger partial charge in [0.15, 0.2) is 0 Å². The van der Waals surface area contributed by atoms with Gasteiger partial charge in [0.05, 0.1) is 0 Å². The van der Waals surface area contributed by atoms with Crippen LogP contribution in [0.1, 0.15) is 142 Å². The average molecular weight is 350 g/mol. The number of hydrogen-bond acceptors (Lipinski definition) is 1. The molecular formula is C24H47N. The van der Waals surface area contributed by atoms with Crippen molar-refractivity contribution in [2.24, 2.45) is 5.73 Å². The Hall–Kier alpha value is -0.640. The summed E-state index contributed by atoms with van der Waals surface area (Å²) in [5.74, 6) is 2.93. The molecule has 148 valence electrons. The first kappa shape index (κ1) is 24.4. The van der Waals surface area contributed by atoms with E-state index < -0.39 is 0 Å². The van der Waals surface area contributed by atoms with Crippen LogP contribution in [0.15, 0.2) is 0 Å². The maximum absolute atomic E-state index is 5.15. The minimum atomic E-state index is 0.982. The lowest BCUT2D eigenvalue weighted by molar-refractivity contribution is 0.522. The fraction of sp³-hybridized carbons (Fsp3) is 0.917. The molecule has 2 N–H and O–H groups in total. The van der Waals surface area contributed by atoms with Crippen LogP contribution in [0.3, 0.4) is 0 Å². The lowest BCUT2D eigenvalue weighted by atomic mass is 10.0. The van der Waals surface area contributed by atoms with Gasteiger partial charge >= 0.3 is 0 Å². The molecule has 1 heteroatoms.